The number of anilines is 3. The Morgan fingerprint density at radius 1 is 0.467 bits per heavy atom. The molecular weight excluding hydrogens is 747 g/mol. The molecule has 3 heteroatoms. The van der Waals surface area contributed by atoms with Gasteiger partial charge in [0.25, 0.3) is 0 Å². The number of fused-ring (bicyclic) bond motifs is 9. The Morgan fingerprint density at radius 2 is 1.12 bits per heavy atom. The number of rotatable bonds is 6. The van der Waals surface area contributed by atoms with Crippen LogP contribution in [0.4, 0.5) is 17.1 Å². The van der Waals surface area contributed by atoms with Gasteiger partial charge in [0.2, 0.25) is 0 Å². The van der Waals surface area contributed by atoms with Gasteiger partial charge in [0.05, 0.1) is 0 Å². The van der Waals surface area contributed by atoms with E-state index >= 15 is 0 Å². The Kier molecular flexibility index (Phi) is 8.41. The molecule has 0 fully saturated rings. The van der Waals surface area contributed by atoms with Gasteiger partial charge >= 0.3 is 0 Å². The molecular formula is C57H41NOS. The van der Waals surface area contributed by atoms with Crippen LogP contribution in [0.15, 0.2) is 210 Å². The molecule has 0 spiro atoms. The number of allylic oxidation sites excluding steroid dienone is 1. The third kappa shape index (κ3) is 5.84. The van der Waals surface area contributed by atoms with Crippen molar-refractivity contribution >= 4 is 65.6 Å². The standard InChI is InChI=1S/C57H41NOS/c1-4-14-37(15-5-1)38-24-26-39(27-25-38)45-31-28-41-34-52-57(48-21-10-12-22-51(48)59-52)56(40-16-6-2-7-17-40)55(41)50-36-43(29-32-46(45)50)58(42-18-8-3-9-19-42)44-30-33-54-49(35-44)47-20-11-13-23-53(47)60-54/h1-27,29-30,32-36,45,55-56H,28,31H2. The van der Waals surface area contributed by atoms with Crippen LogP contribution in [0.1, 0.15) is 64.2 Å². The van der Waals surface area contributed by atoms with Gasteiger partial charge in [-0.15, -0.1) is 11.3 Å². The molecule has 2 aromatic heterocycles. The first-order chi connectivity index (χ1) is 29.7. The summed E-state index contributed by atoms with van der Waals surface area (Å²) in [4.78, 5) is 2.46. The summed E-state index contributed by atoms with van der Waals surface area (Å²) in [5, 5.41) is 3.80. The lowest BCUT2D eigenvalue weighted by Gasteiger charge is -2.35. The first kappa shape index (κ1) is 35.0. The highest BCUT2D eigenvalue weighted by Crippen LogP contribution is 2.57. The number of nitrogens with zero attached hydrogens (tertiary/aromatic N) is 1. The fraction of sp³-hybridized carbons (Fsp3) is 0.0877. The van der Waals surface area contributed by atoms with Crippen molar-refractivity contribution < 1.29 is 4.42 Å². The topological polar surface area (TPSA) is 16.4 Å². The summed E-state index contributed by atoms with van der Waals surface area (Å²) in [6, 6.07) is 73.9. The molecule has 3 atom stereocenters. The summed E-state index contributed by atoms with van der Waals surface area (Å²) in [6.07, 6.45) is 4.39. The molecule has 0 saturated carbocycles. The normalized spacial score (nSPS) is 17.1. The van der Waals surface area contributed by atoms with E-state index in [2.05, 4.69) is 211 Å². The second-order valence-electron chi connectivity index (χ2n) is 16.3. The first-order valence-corrected chi connectivity index (χ1v) is 21.9. The molecule has 3 unspecified atom stereocenters. The summed E-state index contributed by atoms with van der Waals surface area (Å²) in [7, 11) is 0. The Bertz CT molecular complexity index is 3210. The van der Waals surface area contributed by atoms with Gasteiger partial charge < -0.3 is 9.32 Å². The van der Waals surface area contributed by atoms with Crippen LogP contribution in [0.2, 0.25) is 0 Å². The molecule has 0 amide bonds. The number of benzene rings is 8. The fourth-order valence-corrected chi connectivity index (χ4v) is 11.4. The highest BCUT2D eigenvalue weighted by atomic mass is 32.1. The van der Waals surface area contributed by atoms with Gasteiger partial charge in [-0.1, -0.05) is 151 Å². The number of furan rings is 1. The molecule has 286 valence electrons. The first-order valence-electron chi connectivity index (χ1n) is 21.1. The summed E-state index contributed by atoms with van der Waals surface area (Å²) in [6.45, 7) is 0. The van der Waals surface area contributed by atoms with E-state index in [1.54, 1.807) is 0 Å². The minimum absolute atomic E-state index is 0.0803. The summed E-state index contributed by atoms with van der Waals surface area (Å²) in [5.74, 6) is 1.42. The van der Waals surface area contributed by atoms with Crippen molar-refractivity contribution in [3.63, 3.8) is 0 Å². The number of para-hydroxylation sites is 2. The van der Waals surface area contributed by atoms with Gasteiger partial charge in [-0.05, 0) is 107 Å². The lowest BCUT2D eigenvalue weighted by molar-refractivity contribution is 0.568. The van der Waals surface area contributed by atoms with E-state index in [4.69, 9.17) is 4.42 Å². The van der Waals surface area contributed by atoms with E-state index in [0.717, 1.165) is 41.2 Å². The van der Waals surface area contributed by atoms with E-state index in [0.29, 0.717) is 0 Å². The average molecular weight is 788 g/mol. The van der Waals surface area contributed by atoms with Gasteiger partial charge in [0.15, 0.2) is 0 Å². The number of hydrogen-bond acceptors (Lipinski definition) is 3. The second kappa shape index (κ2) is 14.4. The second-order valence-corrected chi connectivity index (χ2v) is 17.4. The summed E-state index contributed by atoms with van der Waals surface area (Å²) in [5.41, 5.74) is 15.1. The zero-order valence-electron chi connectivity index (χ0n) is 33.0. The Hall–Kier alpha value is -6.94. The van der Waals surface area contributed by atoms with Crippen LogP contribution in [-0.4, -0.2) is 0 Å². The van der Waals surface area contributed by atoms with Crippen LogP contribution in [0.3, 0.4) is 0 Å². The molecule has 2 heterocycles. The maximum absolute atomic E-state index is 6.74. The van der Waals surface area contributed by atoms with Crippen molar-refractivity contribution in [1.82, 2.24) is 0 Å². The Balaban J connectivity index is 1.09. The molecule has 0 N–H and O–H groups in total. The van der Waals surface area contributed by atoms with Gasteiger partial charge in [0, 0.05) is 65.9 Å². The van der Waals surface area contributed by atoms with E-state index in [9.17, 15) is 0 Å². The monoisotopic (exact) mass is 787 g/mol. The predicted molar refractivity (Wildman–Crippen MR) is 252 cm³/mol. The van der Waals surface area contributed by atoms with Crippen LogP contribution in [0.5, 0.6) is 0 Å². The quantitative estimate of drug-likeness (QED) is 0.167. The molecule has 0 aliphatic heterocycles. The smallest absolute Gasteiger partial charge is 0.135 e. The van der Waals surface area contributed by atoms with E-state index in [1.807, 2.05) is 11.3 Å². The zero-order chi connectivity index (χ0) is 39.6. The largest absolute Gasteiger partial charge is 0.456 e. The van der Waals surface area contributed by atoms with Crippen molar-refractivity contribution in [1.29, 1.82) is 0 Å². The summed E-state index contributed by atoms with van der Waals surface area (Å²) >= 11 is 1.87. The van der Waals surface area contributed by atoms with Crippen molar-refractivity contribution in [3.05, 3.63) is 239 Å². The SMILES string of the molecule is C1=C2CCC(c3ccc(-c4ccccc4)cc3)c3ccc(N(c4ccccc4)c4ccc5sc6ccccc6c5c4)cc3C2C(c2ccccc2)c2c1oc1ccccc21. The summed E-state index contributed by atoms with van der Waals surface area (Å²) < 4.78 is 9.36. The molecule has 0 saturated heterocycles. The molecule has 2 aliphatic carbocycles. The van der Waals surface area contributed by atoms with Crippen molar-refractivity contribution in [3.8, 4) is 11.1 Å². The van der Waals surface area contributed by atoms with Crippen LogP contribution >= 0.6 is 11.3 Å². The van der Waals surface area contributed by atoms with E-state index < -0.39 is 0 Å². The fourth-order valence-electron chi connectivity index (χ4n) is 10.3. The molecule has 0 radical (unpaired) electrons. The molecule has 2 nitrogen and oxygen atoms in total. The molecule has 60 heavy (non-hydrogen) atoms. The van der Waals surface area contributed by atoms with Crippen LogP contribution < -0.4 is 4.90 Å². The van der Waals surface area contributed by atoms with Crippen molar-refractivity contribution in [2.75, 3.05) is 4.90 Å². The molecule has 2 aliphatic rings. The molecule has 10 aromatic rings. The zero-order valence-corrected chi connectivity index (χ0v) is 33.9. The minimum Gasteiger partial charge on any atom is -0.456 e. The van der Waals surface area contributed by atoms with Gasteiger partial charge in [0.1, 0.15) is 11.3 Å². The third-order valence-corrected chi connectivity index (χ3v) is 14.1. The Labute approximate surface area is 354 Å². The van der Waals surface area contributed by atoms with Crippen LogP contribution in [0.25, 0.3) is 48.3 Å². The van der Waals surface area contributed by atoms with Gasteiger partial charge in [-0.25, -0.2) is 0 Å². The minimum atomic E-state index is 0.0803. The molecule has 12 rings (SSSR count). The lowest BCUT2D eigenvalue weighted by Crippen LogP contribution is -2.20. The van der Waals surface area contributed by atoms with Gasteiger partial charge in [-0.2, -0.15) is 0 Å². The van der Waals surface area contributed by atoms with Gasteiger partial charge in [-0.3, -0.25) is 0 Å². The maximum Gasteiger partial charge on any atom is 0.135 e. The number of hydrogen-bond donors (Lipinski definition) is 0. The van der Waals surface area contributed by atoms with Crippen molar-refractivity contribution in [2.45, 2.75) is 30.6 Å². The predicted octanol–water partition coefficient (Wildman–Crippen LogP) is 16.2. The third-order valence-electron chi connectivity index (χ3n) is 13.0. The van der Waals surface area contributed by atoms with Crippen molar-refractivity contribution in [2.24, 2.45) is 0 Å². The molecule has 8 aromatic carbocycles. The maximum atomic E-state index is 6.74. The number of thiophene rings is 1. The molecule has 0 bridgehead atoms. The van der Waals surface area contributed by atoms with E-state index in [1.165, 1.54) is 70.1 Å². The highest BCUT2D eigenvalue weighted by molar-refractivity contribution is 7.25. The Morgan fingerprint density at radius 3 is 1.93 bits per heavy atom. The lowest BCUT2D eigenvalue weighted by atomic mass is 9.68. The van der Waals surface area contributed by atoms with Crippen LogP contribution in [0, 0.1) is 0 Å². The highest BCUT2D eigenvalue weighted by Gasteiger charge is 2.41. The van der Waals surface area contributed by atoms with E-state index in [-0.39, 0.29) is 17.8 Å². The van der Waals surface area contributed by atoms with Crippen LogP contribution in [-0.2, 0) is 0 Å². The average Bonchev–Trinajstić information content (AvgIpc) is 3.83.